The summed E-state index contributed by atoms with van der Waals surface area (Å²) in [5, 5.41) is 20.7. The number of allylic oxidation sites excluding steroid dienone is 1. The van der Waals surface area contributed by atoms with Gasteiger partial charge in [-0.15, -0.1) is 0 Å². The van der Waals surface area contributed by atoms with Gasteiger partial charge in [0.15, 0.2) is 0 Å². The van der Waals surface area contributed by atoms with Crippen molar-refractivity contribution >= 4 is 5.97 Å². The highest BCUT2D eigenvalue weighted by molar-refractivity contribution is 5.68. The summed E-state index contributed by atoms with van der Waals surface area (Å²) < 4.78 is 4.64. The maximum atomic E-state index is 11.2. The number of esters is 1. The first kappa shape index (κ1) is 20.2. The lowest BCUT2D eigenvalue weighted by atomic mass is 9.75. The fourth-order valence-electron chi connectivity index (χ4n) is 3.43. The highest BCUT2D eigenvalue weighted by atomic mass is 16.5. The smallest absolute Gasteiger partial charge is 0.305 e. The standard InChI is InChI=1S/C19H34O4/c1-3-4-5-9-17(20)12-11-16-8-6-13-19(22,15-16)14-7-10-18(21)23-2/h11-12,16-17,20,22H,3-10,13-15H2,1-2H3/b12-11+/t16-,17?,19-/m1/s1. The van der Waals surface area contributed by atoms with Crippen LogP contribution in [0, 0.1) is 5.92 Å². The van der Waals surface area contributed by atoms with Gasteiger partial charge in [-0.1, -0.05) is 44.8 Å². The van der Waals surface area contributed by atoms with Crippen LogP contribution in [0.1, 0.15) is 77.6 Å². The summed E-state index contributed by atoms with van der Waals surface area (Å²) in [4.78, 5) is 11.2. The third-order valence-corrected chi connectivity index (χ3v) is 4.82. The zero-order chi connectivity index (χ0) is 17.1. The first-order chi connectivity index (χ1) is 11.0. The van der Waals surface area contributed by atoms with Crippen molar-refractivity contribution in [2.24, 2.45) is 5.92 Å². The van der Waals surface area contributed by atoms with Gasteiger partial charge in [-0.25, -0.2) is 0 Å². The predicted molar refractivity (Wildman–Crippen MR) is 92.1 cm³/mol. The molecule has 1 saturated carbocycles. The largest absolute Gasteiger partial charge is 0.469 e. The molecule has 4 heteroatoms. The number of methoxy groups -OCH3 is 1. The molecular weight excluding hydrogens is 292 g/mol. The molecule has 0 saturated heterocycles. The molecule has 0 amide bonds. The zero-order valence-corrected chi connectivity index (χ0v) is 14.8. The first-order valence-electron chi connectivity index (χ1n) is 9.14. The van der Waals surface area contributed by atoms with Gasteiger partial charge in [0.05, 0.1) is 18.8 Å². The summed E-state index contributed by atoms with van der Waals surface area (Å²) in [6.07, 6.45) is 13.1. The number of aliphatic hydroxyl groups excluding tert-OH is 1. The van der Waals surface area contributed by atoms with Crippen molar-refractivity contribution < 1.29 is 19.7 Å². The number of carbonyl (C=O) groups is 1. The predicted octanol–water partition coefficient (Wildman–Crippen LogP) is 3.75. The maximum absolute atomic E-state index is 11.2. The van der Waals surface area contributed by atoms with Gasteiger partial charge in [0, 0.05) is 6.42 Å². The van der Waals surface area contributed by atoms with Gasteiger partial charge < -0.3 is 14.9 Å². The van der Waals surface area contributed by atoms with Gasteiger partial charge in [0.1, 0.15) is 0 Å². The quantitative estimate of drug-likeness (QED) is 0.364. The second kappa shape index (κ2) is 10.8. The first-order valence-corrected chi connectivity index (χ1v) is 9.14. The molecule has 1 aliphatic rings. The van der Waals surface area contributed by atoms with Crippen molar-refractivity contribution in [3.8, 4) is 0 Å². The highest BCUT2D eigenvalue weighted by Crippen LogP contribution is 2.36. The lowest BCUT2D eigenvalue weighted by Crippen LogP contribution is -2.35. The Hall–Kier alpha value is -0.870. The van der Waals surface area contributed by atoms with Crippen LogP contribution in [0.25, 0.3) is 0 Å². The molecule has 0 radical (unpaired) electrons. The van der Waals surface area contributed by atoms with Crippen molar-refractivity contribution in [2.75, 3.05) is 7.11 Å². The van der Waals surface area contributed by atoms with E-state index in [-0.39, 0.29) is 12.1 Å². The van der Waals surface area contributed by atoms with Crippen LogP contribution in [0.2, 0.25) is 0 Å². The molecule has 2 N–H and O–H groups in total. The molecule has 0 bridgehead atoms. The van der Waals surface area contributed by atoms with Crippen LogP contribution < -0.4 is 0 Å². The number of rotatable bonds is 10. The van der Waals surface area contributed by atoms with E-state index in [1.807, 2.05) is 6.08 Å². The van der Waals surface area contributed by atoms with Gasteiger partial charge >= 0.3 is 5.97 Å². The van der Waals surface area contributed by atoms with E-state index in [0.717, 1.165) is 51.4 Å². The van der Waals surface area contributed by atoms with E-state index >= 15 is 0 Å². The van der Waals surface area contributed by atoms with Crippen LogP contribution in [-0.2, 0) is 9.53 Å². The van der Waals surface area contributed by atoms with Crippen LogP contribution in [-0.4, -0.2) is 35.0 Å². The molecule has 1 rings (SSSR count). The molecule has 0 spiro atoms. The number of aliphatic hydroxyl groups is 2. The normalized spacial score (nSPS) is 26.3. The minimum absolute atomic E-state index is 0.212. The minimum Gasteiger partial charge on any atom is -0.469 e. The summed E-state index contributed by atoms with van der Waals surface area (Å²) in [6, 6.07) is 0. The highest BCUT2D eigenvalue weighted by Gasteiger charge is 2.33. The molecule has 0 heterocycles. The van der Waals surface area contributed by atoms with Crippen LogP contribution in [0.5, 0.6) is 0 Å². The number of ether oxygens (including phenoxy) is 1. The van der Waals surface area contributed by atoms with E-state index in [4.69, 9.17) is 0 Å². The van der Waals surface area contributed by atoms with Gasteiger partial charge in [0.25, 0.3) is 0 Å². The molecule has 4 nitrogen and oxygen atoms in total. The van der Waals surface area contributed by atoms with E-state index < -0.39 is 5.60 Å². The van der Waals surface area contributed by atoms with Gasteiger partial charge in [-0.2, -0.15) is 0 Å². The Morgan fingerprint density at radius 3 is 2.87 bits per heavy atom. The van der Waals surface area contributed by atoms with Crippen LogP contribution in [0.15, 0.2) is 12.2 Å². The molecule has 1 unspecified atom stereocenters. The fraction of sp³-hybridized carbons (Fsp3) is 0.842. The summed E-state index contributed by atoms with van der Waals surface area (Å²) in [5.74, 6) is 0.115. The zero-order valence-electron chi connectivity index (χ0n) is 14.8. The summed E-state index contributed by atoms with van der Waals surface area (Å²) in [7, 11) is 1.39. The molecule has 3 atom stereocenters. The van der Waals surface area contributed by atoms with Crippen molar-refractivity contribution in [1.29, 1.82) is 0 Å². The average molecular weight is 326 g/mol. The van der Waals surface area contributed by atoms with E-state index in [1.54, 1.807) is 0 Å². The number of unbranched alkanes of at least 4 members (excludes halogenated alkanes) is 2. The average Bonchev–Trinajstić information content (AvgIpc) is 2.53. The molecule has 0 aromatic carbocycles. The Kier molecular flexibility index (Phi) is 9.49. The third kappa shape index (κ3) is 8.52. The summed E-state index contributed by atoms with van der Waals surface area (Å²) >= 11 is 0. The molecule has 23 heavy (non-hydrogen) atoms. The number of hydrogen-bond donors (Lipinski definition) is 2. The van der Waals surface area contributed by atoms with Crippen molar-refractivity contribution in [3.05, 3.63) is 12.2 Å². The van der Waals surface area contributed by atoms with Gasteiger partial charge in [-0.05, 0) is 44.4 Å². The molecule has 0 aliphatic heterocycles. The monoisotopic (exact) mass is 326 g/mol. The Morgan fingerprint density at radius 1 is 1.39 bits per heavy atom. The van der Waals surface area contributed by atoms with Crippen molar-refractivity contribution in [1.82, 2.24) is 0 Å². The Bertz CT molecular complexity index is 366. The lowest BCUT2D eigenvalue weighted by molar-refractivity contribution is -0.141. The number of hydrogen-bond acceptors (Lipinski definition) is 4. The molecule has 0 aromatic rings. The van der Waals surface area contributed by atoms with Crippen molar-refractivity contribution in [2.45, 2.75) is 89.3 Å². The van der Waals surface area contributed by atoms with E-state index in [1.165, 1.54) is 7.11 Å². The Morgan fingerprint density at radius 2 is 2.17 bits per heavy atom. The van der Waals surface area contributed by atoms with Crippen molar-refractivity contribution in [3.63, 3.8) is 0 Å². The maximum Gasteiger partial charge on any atom is 0.305 e. The van der Waals surface area contributed by atoms with Gasteiger partial charge in [0.2, 0.25) is 0 Å². The van der Waals surface area contributed by atoms with E-state index in [9.17, 15) is 15.0 Å². The van der Waals surface area contributed by atoms with Crippen LogP contribution >= 0.6 is 0 Å². The van der Waals surface area contributed by atoms with Crippen LogP contribution in [0.4, 0.5) is 0 Å². The topological polar surface area (TPSA) is 66.8 Å². The fourth-order valence-corrected chi connectivity index (χ4v) is 3.43. The lowest BCUT2D eigenvalue weighted by Gasteiger charge is -2.36. The molecule has 1 aliphatic carbocycles. The van der Waals surface area contributed by atoms with Gasteiger partial charge in [-0.3, -0.25) is 4.79 Å². The molecule has 134 valence electrons. The van der Waals surface area contributed by atoms with E-state index in [0.29, 0.717) is 25.2 Å². The number of carbonyl (C=O) groups excluding carboxylic acids is 1. The SMILES string of the molecule is CCCCCC(O)/C=C/[C@H]1CCC[C@@](O)(CCCC(=O)OC)C1. The van der Waals surface area contributed by atoms with E-state index in [2.05, 4.69) is 17.7 Å². The molecule has 0 aromatic heterocycles. The third-order valence-electron chi connectivity index (χ3n) is 4.82. The second-order valence-corrected chi connectivity index (χ2v) is 6.96. The second-order valence-electron chi connectivity index (χ2n) is 6.96. The van der Waals surface area contributed by atoms with Crippen LogP contribution in [0.3, 0.4) is 0 Å². The summed E-state index contributed by atoms with van der Waals surface area (Å²) in [5.41, 5.74) is -0.672. The Labute approximate surface area is 140 Å². The molecular formula is C19H34O4. The Balaban J connectivity index is 2.36. The summed E-state index contributed by atoms with van der Waals surface area (Å²) in [6.45, 7) is 2.16. The molecule has 1 fully saturated rings. The minimum atomic E-state index is -0.672.